The fourth-order valence-corrected chi connectivity index (χ4v) is 1.70. The zero-order valence-electron chi connectivity index (χ0n) is 8.68. The standard InChI is InChI=1S/C9H12ClN3O2S/c1-16-3-2-6(9(14)15)13-8-4-7(10)11-5-12-8/h4-6H,2-3H2,1H3,(H,14,15)(H,11,12,13). The lowest BCUT2D eigenvalue weighted by Crippen LogP contribution is -2.30. The van der Waals surface area contributed by atoms with Crippen LogP contribution in [0.4, 0.5) is 5.82 Å². The molecule has 1 unspecified atom stereocenters. The summed E-state index contributed by atoms with van der Waals surface area (Å²) in [7, 11) is 0. The van der Waals surface area contributed by atoms with Gasteiger partial charge in [0.1, 0.15) is 23.3 Å². The summed E-state index contributed by atoms with van der Waals surface area (Å²) in [6.45, 7) is 0. The SMILES string of the molecule is CSCCC(Nc1cc(Cl)ncn1)C(=O)O. The van der Waals surface area contributed by atoms with Gasteiger partial charge < -0.3 is 10.4 Å². The first kappa shape index (κ1) is 13.1. The number of carbonyl (C=O) groups is 1. The normalized spacial score (nSPS) is 12.1. The summed E-state index contributed by atoms with van der Waals surface area (Å²) < 4.78 is 0. The van der Waals surface area contributed by atoms with Crippen molar-refractivity contribution in [3.05, 3.63) is 17.5 Å². The van der Waals surface area contributed by atoms with Crippen LogP contribution in [0, 0.1) is 0 Å². The number of thioether (sulfide) groups is 1. The molecule has 1 heterocycles. The number of carboxylic acid groups (broad SMARTS) is 1. The van der Waals surface area contributed by atoms with Gasteiger partial charge in [-0.3, -0.25) is 0 Å². The van der Waals surface area contributed by atoms with E-state index in [1.165, 1.54) is 12.4 Å². The molecule has 0 amide bonds. The van der Waals surface area contributed by atoms with Crippen molar-refractivity contribution in [3.8, 4) is 0 Å². The quantitative estimate of drug-likeness (QED) is 0.760. The van der Waals surface area contributed by atoms with Gasteiger partial charge in [-0.2, -0.15) is 11.8 Å². The Morgan fingerprint density at radius 1 is 1.69 bits per heavy atom. The van der Waals surface area contributed by atoms with E-state index in [-0.39, 0.29) is 5.15 Å². The number of anilines is 1. The van der Waals surface area contributed by atoms with Crippen LogP contribution in [-0.4, -0.2) is 39.1 Å². The summed E-state index contributed by atoms with van der Waals surface area (Å²) in [5, 5.41) is 12.1. The maximum Gasteiger partial charge on any atom is 0.326 e. The van der Waals surface area contributed by atoms with E-state index in [9.17, 15) is 4.79 Å². The molecule has 16 heavy (non-hydrogen) atoms. The summed E-state index contributed by atoms with van der Waals surface area (Å²) in [6, 6.07) is 0.842. The predicted molar refractivity (Wildman–Crippen MR) is 65.1 cm³/mol. The highest BCUT2D eigenvalue weighted by molar-refractivity contribution is 7.98. The third-order valence-electron chi connectivity index (χ3n) is 1.86. The Bertz CT molecular complexity index is 364. The van der Waals surface area contributed by atoms with Crippen molar-refractivity contribution in [3.63, 3.8) is 0 Å². The molecule has 1 aromatic rings. The Morgan fingerprint density at radius 2 is 2.44 bits per heavy atom. The first-order valence-corrected chi connectivity index (χ1v) is 6.36. The van der Waals surface area contributed by atoms with E-state index in [0.29, 0.717) is 12.2 Å². The summed E-state index contributed by atoms with van der Waals surface area (Å²) in [6.07, 6.45) is 3.75. The van der Waals surface area contributed by atoms with Crippen molar-refractivity contribution in [2.45, 2.75) is 12.5 Å². The zero-order valence-corrected chi connectivity index (χ0v) is 10.3. The number of carboxylic acids is 1. The summed E-state index contributed by atoms with van der Waals surface area (Å²) in [5.41, 5.74) is 0. The fraction of sp³-hybridized carbons (Fsp3) is 0.444. The number of nitrogens with zero attached hydrogens (tertiary/aromatic N) is 2. The third-order valence-corrected chi connectivity index (χ3v) is 2.72. The van der Waals surface area contributed by atoms with E-state index in [0.717, 1.165) is 5.75 Å². The van der Waals surface area contributed by atoms with Crippen LogP contribution in [0.1, 0.15) is 6.42 Å². The van der Waals surface area contributed by atoms with Crippen molar-refractivity contribution >= 4 is 35.1 Å². The molecule has 0 bridgehead atoms. The second-order valence-electron chi connectivity index (χ2n) is 3.04. The van der Waals surface area contributed by atoms with Gasteiger partial charge >= 0.3 is 5.97 Å². The van der Waals surface area contributed by atoms with E-state index in [2.05, 4.69) is 15.3 Å². The van der Waals surface area contributed by atoms with Crippen LogP contribution in [-0.2, 0) is 4.79 Å². The van der Waals surface area contributed by atoms with Crippen LogP contribution in [0.25, 0.3) is 0 Å². The molecule has 0 aliphatic rings. The Kier molecular flexibility index (Phi) is 5.34. The molecule has 0 spiro atoms. The fourth-order valence-electron chi connectivity index (χ4n) is 1.08. The van der Waals surface area contributed by atoms with Gasteiger partial charge in [0.05, 0.1) is 0 Å². The lowest BCUT2D eigenvalue weighted by molar-refractivity contribution is -0.137. The van der Waals surface area contributed by atoms with Crippen LogP contribution in [0.3, 0.4) is 0 Å². The first-order valence-electron chi connectivity index (χ1n) is 4.59. The van der Waals surface area contributed by atoms with Gasteiger partial charge in [0.25, 0.3) is 0 Å². The zero-order chi connectivity index (χ0) is 12.0. The minimum Gasteiger partial charge on any atom is -0.480 e. The average molecular weight is 262 g/mol. The summed E-state index contributed by atoms with van der Waals surface area (Å²) in [4.78, 5) is 18.6. The van der Waals surface area contributed by atoms with Crippen molar-refractivity contribution in [1.29, 1.82) is 0 Å². The van der Waals surface area contributed by atoms with Crippen LogP contribution >= 0.6 is 23.4 Å². The highest BCUT2D eigenvalue weighted by Gasteiger charge is 2.17. The van der Waals surface area contributed by atoms with Gasteiger partial charge in [0, 0.05) is 6.07 Å². The molecule has 1 aromatic heterocycles. The third kappa shape index (κ3) is 4.24. The number of hydrogen-bond acceptors (Lipinski definition) is 5. The van der Waals surface area contributed by atoms with E-state index in [1.54, 1.807) is 11.8 Å². The second-order valence-corrected chi connectivity index (χ2v) is 4.42. The van der Waals surface area contributed by atoms with Gasteiger partial charge in [0.2, 0.25) is 0 Å². The molecule has 88 valence electrons. The van der Waals surface area contributed by atoms with Crippen LogP contribution < -0.4 is 5.32 Å². The molecule has 0 aromatic carbocycles. The van der Waals surface area contributed by atoms with Crippen LogP contribution in [0.5, 0.6) is 0 Å². The maximum atomic E-state index is 10.9. The summed E-state index contributed by atoms with van der Waals surface area (Å²) >= 11 is 7.27. The molecule has 0 saturated carbocycles. The minimum absolute atomic E-state index is 0.284. The number of rotatable bonds is 6. The number of nitrogens with one attached hydrogen (secondary N) is 1. The van der Waals surface area contributed by atoms with Crippen molar-refractivity contribution in [2.24, 2.45) is 0 Å². The number of halogens is 1. The monoisotopic (exact) mass is 261 g/mol. The van der Waals surface area contributed by atoms with Crippen molar-refractivity contribution in [1.82, 2.24) is 9.97 Å². The lowest BCUT2D eigenvalue weighted by Gasteiger charge is -2.14. The van der Waals surface area contributed by atoms with E-state index in [1.807, 2.05) is 6.26 Å². The Morgan fingerprint density at radius 3 is 3.00 bits per heavy atom. The van der Waals surface area contributed by atoms with Gasteiger partial charge in [-0.05, 0) is 18.4 Å². The van der Waals surface area contributed by atoms with Gasteiger partial charge in [-0.15, -0.1) is 0 Å². The first-order chi connectivity index (χ1) is 7.63. The second kappa shape index (κ2) is 6.55. The Balaban J connectivity index is 2.64. The predicted octanol–water partition coefficient (Wildman–Crippen LogP) is 1.75. The smallest absolute Gasteiger partial charge is 0.326 e. The van der Waals surface area contributed by atoms with Crippen LogP contribution in [0.15, 0.2) is 12.4 Å². The molecule has 0 radical (unpaired) electrons. The molecule has 0 aliphatic heterocycles. The minimum atomic E-state index is -0.899. The molecule has 2 N–H and O–H groups in total. The van der Waals surface area contributed by atoms with E-state index >= 15 is 0 Å². The maximum absolute atomic E-state index is 10.9. The van der Waals surface area contributed by atoms with Gasteiger partial charge in [-0.1, -0.05) is 11.6 Å². The largest absolute Gasteiger partial charge is 0.480 e. The van der Waals surface area contributed by atoms with E-state index in [4.69, 9.17) is 16.7 Å². The molecule has 0 saturated heterocycles. The molecular formula is C9H12ClN3O2S. The van der Waals surface area contributed by atoms with Gasteiger partial charge in [0.15, 0.2) is 0 Å². The Labute approximate surface area is 103 Å². The van der Waals surface area contributed by atoms with E-state index < -0.39 is 12.0 Å². The number of aliphatic carboxylic acids is 1. The Hall–Kier alpha value is -1.01. The lowest BCUT2D eigenvalue weighted by atomic mass is 10.2. The number of hydrogen-bond donors (Lipinski definition) is 2. The molecule has 0 aliphatic carbocycles. The molecule has 1 rings (SSSR count). The van der Waals surface area contributed by atoms with Gasteiger partial charge in [-0.25, -0.2) is 14.8 Å². The van der Waals surface area contributed by atoms with Crippen LogP contribution in [0.2, 0.25) is 5.15 Å². The average Bonchev–Trinajstić information content (AvgIpc) is 2.24. The van der Waals surface area contributed by atoms with Crippen molar-refractivity contribution in [2.75, 3.05) is 17.3 Å². The summed E-state index contributed by atoms with van der Waals surface area (Å²) in [5.74, 6) is 0.292. The van der Waals surface area contributed by atoms with Crippen molar-refractivity contribution < 1.29 is 9.90 Å². The number of aromatic nitrogens is 2. The molecule has 7 heteroatoms. The molecule has 1 atom stereocenters. The highest BCUT2D eigenvalue weighted by atomic mass is 35.5. The molecule has 0 fully saturated rings. The topological polar surface area (TPSA) is 75.1 Å². The molecular weight excluding hydrogens is 250 g/mol. The highest BCUT2D eigenvalue weighted by Crippen LogP contribution is 2.12. The molecule has 5 nitrogen and oxygen atoms in total.